The zero-order chi connectivity index (χ0) is 14.0. The molecule has 5 heteroatoms. The van der Waals surface area contributed by atoms with Gasteiger partial charge < -0.3 is 14.8 Å². The van der Waals surface area contributed by atoms with E-state index in [1.54, 1.807) is 0 Å². The zero-order valence-corrected chi connectivity index (χ0v) is 13.7. The van der Waals surface area contributed by atoms with Crippen LogP contribution in [0.5, 0.6) is 0 Å². The average molecular weight is 327 g/mol. The van der Waals surface area contributed by atoms with Gasteiger partial charge in [-0.25, -0.2) is 0 Å². The van der Waals surface area contributed by atoms with Crippen LogP contribution in [0.3, 0.4) is 0 Å². The molecular formula is C14H23BrN4. The monoisotopic (exact) mass is 326 g/mol. The number of hydrogen-bond donors (Lipinski definition) is 1. The highest BCUT2D eigenvalue weighted by molar-refractivity contribution is 9.10. The number of aryl methyl sites for hydroxylation is 1. The number of guanidine groups is 1. The Kier molecular flexibility index (Phi) is 4.55. The molecule has 2 rings (SSSR count). The molecule has 1 saturated carbocycles. The molecule has 19 heavy (non-hydrogen) atoms. The first kappa shape index (κ1) is 14.4. The van der Waals surface area contributed by atoms with Gasteiger partial charge in [-0.15, -0.1) is 0 Å². The molecule has 1 aromatic heterocycles. The number of rotatable bonds is 4. The number of halogens is 1. The van der Waals surface area contributed by atoms with E-state index < -0.39 is 0 Å². The van der Waals surface area contributed by atoms with Gasteiger partial charge in [0.05, 0.1) is 6.54 Å². The maximum Gasteiger partial charge on any atom is 0.194 e. The van der Waals surface area contributed by atoms with Crippen LogP contribution in [0, 0.1) is 5.92 Å². The molecule has 4 nitrogen and oxygen atoms in total. The van der Waals surface area contributed by atoms with Crippen LogP contribution in [0.2, 0.25) is 0 Å². The predicted octanol–water partition coefficient (Wildman–Crippen LogP) is 2.59. The van der Waals surface area contributed by atoms with Crippen molar-refractivity contribution < 1.29 is 0 Å². The van der Waals surface area contributed by atoms with Crippen molar-refractivity contribution in [2.75, 3.05) is 13.6 Å². The molecule has 1 N–H and O–H groups in total. The minimum Gasteiger partial charge on any atom is -0.353 e. The van der Waals surface area contributed by atoms with Crippen LogP contribution in [0.15, 0.2) is 21.7 Å². The second-order valence-corrected chi connectivity index (χ2v) is 6.29. The summed E-state index contributed by atoms with van der Waals surface area (Å²) in [7, 11) is 4.16. The fraction of sp³-hybridized carbons (Fsp3) is 0.643. The molecule has 1 heterocycles. The Hall–Kier alpha value is -0.970. The Balaban J connectivity index is 2.01. The summed E-state index contributed by atoms with van der Waals surface area (Å²) in [6, 6.07) is 2.76. The van der Waals surface area contributed by atoms with Crippen LogP contribution >= 0.6 is 15.9 Å². The Morgan fingerprint density at radius 3 is 2.79 bits per heavy atom. The molecule has 106 valence electrons. The highest BCUT2D eigenvalue weighted by Gasteiger charge is 2.33. The fourth-order valence-corrected chi connectivity index (χ4v) is 2.73. The van der Waals surface area contributed by atoms with Crippen LogP contribution in [-0.2, 0) is 13.6 Å². The zero-order valence-electron chi connectivity index (χ0n) is 12.2. The quantitative estimate of drug-likeness (QED) is 0.681. The van der Waals surface area contributed by atoms with Gasteiger partial charge in [-0.05, 0) is 41.3 Å². The minimum atomic E-state index is 0.605. The van der Waals surface area contributed by atoms with Gasteiger partial charge in [-0.1, -0.05) is 6.92 Å². The molecule has 1 aliphatic carbocycles. The summed E-state index contributed by atoms with van der Waals surface area (Å²) in [5, 5.41) is 3.54. The van der Waals surface area contributed by atoms with Crippen molar-refractivity contribution >= 4 is 21.9 Å². The highest BCUT2D eigenvalue weighted by atomic mass is 79.9. The van der Waals surface area contributed by atoms with E-state index in [0.29, 0.717) is 6.04 Å². The van der Waals surface area contributed by atoms with Gasteiger partial charge in [0.15, 0.2) is 5.96 Å². The summed E-state index contributed by atoms with van der Waals surface area (Å²) < 4.78 is 3.26. The standard InChI is InChI=1S/C14H23BrN4/c1-5-16-14(17-13-6-10(13)2)19(4)9-12-7-11(15)8-18(12)3/h7-8,10,13H,5-6,9H2,1-4H3,(H,16,17). The second kappa shape index (κ2) is 5.99. The average Bonchev–Trinajstić information content (AvgIpc) is 2.93. The lowest BCUT2D eigenvalue weighted by Crippen LogP contribution is -2.40. The third kappa shape index (κ3) is 3.75. The van der Waals surface area contributed by atoms with E-state index in [1.807, 2.05) is 0 Å². The summed E-state index contributed by atoms with van der Waals surface area (Å²) in [4.78, 5) is 6.77. The molecule has 0 radical (unpaired) electrons. The third-order valence-corrected chi connectivity index (χ3v) is 4.00. The number of nitrogens with one attached hydrogen (secondary N) is 1. The summed E-state index contributed by atoms with van der Waals surface area (Å²) >= 11 is 3.51. The Bertz CT molecular complexity index is 466. The predicted molar refractivity (Wildman–Crippen MR) is 83.3 cm³/mol. The number of aliphatic imine (C=N–C) groups is 1. The van der Waals surface area contributed by atoms with Gasteiger partial charge in [0.25, 0.3) is 0 Å². The smallest absolute Gasteiger partial charge is 0.194 e. The van der Waals surface area contributed by atoms with Gasteiger partial charge in [-0.2, -0.15) is 0 Å². The van der Waals surface area contributed by atoms with Gasteiger partial charge in [-0.3, -0.25) is 4.99 Å². The van der Waals surface area contributed by atoms with E-state index in [4.69, 9.17) is 0 Å². The Morgan fingerprint density at radius 2 is 2.32 bits per heavy atom. The van der Waals surface area contributed by atoms with Gasteiger partial charge in [0.2, 0.25) is 0 Å². The second-order valence-electron chi connectivity index (χ2n) is 5.38. The molecule has 0 spiro atoms. The third-order valence-electron chi connectivity index (χ3n) is 3.57. The van der Waals surface area contributed by atoms with Crippen molar-refractivity contribution in [2.24, 2.45) is 18.0 Å². The summed E-state index contributed by atoms with van der Waals surface area (Å²) in [5.74, 6) is 1.79. The first-order valence-electron chi connectivity index (χ1n) is 6.84. The van der Waals surface area contributed by atoms with Crippen molar-refractivity contribution in [1.82, 2.24) is 14.8 Å². The fourth-order valence-electron chi connectivity index (χ4n) is 2.16. The maximum absolute atomic E-state index is 4.58. The van der Waals surface area contributed by atoms with Gasteiger partial charge in [0.1, 0.15) is 0 Å². The lowest BCUT2D eigenvalue weighted by Gasteiger charge is -2.22. The van der Waals surface area contributed by atoms with Crippen LogP contribution in [0.1, 0.15) is 26.0 Å². The van der Waals surface area contributed by atoms with E-state index in [1.165, 1.54) is 12.1 Å². The van der Waals surface area contributed by atoms with Crippen molar-refractivity contribution in [1.29, 1.82) is 0 Å². The van der Waals surface area contributed by atoms with Crippen LogP contribution < -0.4 is 5.32 Å². The summed E-state index contributed by atoms with van der Waals surface area (Å²) in [5.41, 5.74) is 1.27. The van der Waals surface area contributed by atoms with Gasteiger partial charge >= 0.3 is 0 Å². The summed E-state index contributed by atoms with van der Waals surface area (Å²) in [6.45, 7) is 6.01. The molecule has 0 aromatic carbocycles. The van der Waals surface area contributed by atoms with Crippen LogP contribution in [0.4, 0.5) is 0 Å². The molecule has 0 bridgehead atoms. The largest absolute Gasteiger partial charge is 0.353 e. The van der Waals surface area contributed by atoms with E-state index in [9.17, 15) is 0 Å². The van der Waals surface area contributed by atoms with Crippen LogP contribution in [-0.4, -0.2) is 35.1 Å². The summed E-state index contributed by atoms with van der Waals surface area (Å²) in [6.07, 6.45) is 3.34. The van der Waals surface area contributed by atoms with E-state index in [2.05, 4.69) is 75.9 Å². The molecule has 1 aliphatic rings. The van der Waals surface area contributed by atoms with Crippen molar-refractivity contribution in [3.05, 3.63) is 22.4 Å². The van der Waals surface area contributed by atoms with E-state index in [0.717, 1.165) is 29.4 Å². The molecule has 0 saturated heterocycles. The molecule has 1 aromatic rings. The number of hydrogen-bond acceptors (Lipinski definition) is 1. The minimum absolute atomic E-state index is 0.605. The molecule has 2 atom stereocenters. The first-order valence-corrected chi connectivity index (χ1v) is 7.63. The molecule has 0 amide bonds. The Morgan fingerprint density at radius 1 is 1.63 bits per heavy atom. The van der Waals surface area contributed by atoms with Gasteiger partial charge in [0, 0.05) is 43.0 Å². The number of nitrogens with zero attached hydrogens (tertiary/aromatic N) is 3. The van der Waals surface area contributed by atoms with Crippen molar-refractivity contribution in [3.8, 4) is 0 Å². The SMILES string of the molecule is CCN=C(NC1CC1C)N(C)Cc1cc(Br)cn1C. The lowest BCUT2D eigenvalue weighted by molar-refractivity contribution is 0.458. The first-order chi connectivity index (χ1) is 9.01. The molecular weight excluding hydrogens is 304 g/mol. The normalized spacial score (nSPS) is 22.5. The molecule has 0 aliphatic heterocycles. The molecule has 1 fully saturated rings. The maximum atomic E-state index is 4.58. The van der Waals surface area contributed by atoms with Crippen molar-refractivity contribution in [2.45, 2.75) is 32.9 Å². The highest BCUT2D eigenvalue weighted by Crippen LogP contribution is 2.29. The molecule has 2 unspecified atom stereocenters. The van der Waals surface area contributed by atoms with Crippen LogP contribution in [0.25, 0.3) is 0 Å². The van der Waals surface area contributed by atoms with E-state index >= 15 is 0 Å². The topological polar surface area (TPSA) is 32.6 Å². The Labute approximate surface area is 124 Å². The van der Waals surface area contributed by atoms with Crippen molar-refractivity contribution in [3.63, 3.8) is 0 Å². The number of aromatic nitrogens is 1. The van der Waals surface area contributed by atoms with E-state index in [-0.39, 0.29) is 0 Å². The lowest BCUT2D eigenvalue weighted by atomic mass is 10.4.